The maximum atomic E-state index is 12.1. The molecule has 0 radical (unpaired) electrons. The molecular formula is C17H14BrClN6O. The van der Waals surface area contributed by atoms with Crippen LogP contribution in [0.1, 0.15) is 10.4 Å². The highest BCUT2D eigenvalue weighted by atomic mass is 79.9. The van der Waals surface area contributed by atoms with Crippen LogP contribution in [0.15, 0.2) is 59.3 Å². The fourth-order valence-electron chi connectivity index (χ4n) is 2.09. The first-order valence-electron chi connectivity index (χ1n) is 7.48. The summed E-state index contributed by atoms with van der Waals surface area (Å²) in [6, 6.07) is 14.1. The smallest absolute Gasteiger partial charge is 0.269 e. The summed E-state index contributed by atoms with van der Waals surface area (Å²) >= 11 is 9.22. The van der Waals surface area contributed by atoms with Crippen LogP contribution in [0.25, 0.3) is 0 Å². The molecular weight excluding hydrogens is 420 g/mol. The Morgan fingerprint density at radius 3 is 2.54 bits per heavy atom. The number of hydrogen-bond acceptors (Lipinski definition) is 6. The quantitative estimate of drug-likeness (QED) is 0.454. The van der Waals surface area contributed by atoms with Crippen LogP contribution in [0, 0.1) is 0 Å². The highest BCUT2D eigenvalue weighted by Gasteiger charge is 2.10. The Bertz CT molecular complexity index is 935. The summed E-state index contributed by atoms with van der Waals surface area (Å²) < 4.78 is 0.920. The van der Waals surface area contributed by atoms with Crippen molar-refractivity contribution >= 4 is 56.4 Å². The first kappa shape index (κ1) is 18.0. The molecule has 0 unspecified atom stereocenters. The summed E-state index contributed by atoms with van der Waals surface area (Å²) in [4.78, 5) is 20.3. The number of nitrogens with zero attached hydrogens (tertiary/aromatic N) is 2. The van der Waals surface area contributed by atoms with Gasteiger partial charge in [-0.25, -0.2) is 9.97 Å². The van der Waals surface area contributed by atoms with Crippen molar-refractivity contribution < 1.29 is 4.79 Å². The highest BCUT2D eigenvalue weighted by molar-refractivity contribution is 9.10. The third kappa shape index (κ3) is 4.41. The molecule has 0 aliphatic carbocycles. The van der Waals surface area contributed by atoms with E-state index in [0.717, 1.165) is 10.2 Å². The molecule has 0 aliphatic rings. The van der Waals surface area contributed by atoms with Gasteiger partial charge in [0, 0.05) is 20.7 Å². The zero-order chi connectivity index (χ0) is 18.5. The van der Waals surface area contributed by atoms with Crippen LogP contribution in [0.3, 0.4) is 0 Å². The molecule has 0 aliphatic heterocycles. The van der Waals surface area contributed by atoms with Gasteiger partial charge in [-0.3, -0.25) is 15.6 Å². The molecule has 2 aromatic carbocycles. The maximum Gasteiger partial charge on any atom is 0.269 e. The standard InChI is InChI=1S/C17H14BrClN6O/c18-11-2-1-3-13(8-11)23-15-14(20)16(22-9-21-15)24-25-17(26)10-4-6-12(19)7-5-10/h1-9H,20H2,(H,25,26)(H2,21,22,23,24). The lowest BCUT2D eigenvalue weighted by Gasteiger charge is -2.13. The van der Waals surface area contributed by atoms with Crippen molar-refractivity contribution in [3.05, 3.63) is 69.9 Å². The summed E-state index contributed by atoms with van der Waals surface area (Å²) in [5.41, 5.74) is 12.8. The van der Waals surface area contributed by atoms with Crippen molar-refractivity contribution in [2.75, 3.05) is 16.5 Å². The number of anilines is 4. The van der Waals surface area contributed by atoms with E-state index in [0.29, 0.717) is 16.4 Å². The monoisotopic (exact) mass is 432 g/mol. The van der Waals surface area contributed by atoms with E-state index in [1.807, 2.05) is 24.3 Å². The van der Waals surface area contributed by atoms with E-state index in [9.17, 15) is 4.79 Å². The molecule has 1 aromatic heterocycles. The molecule has 9 heteroatoms. The Morgan fingerprint density at radius 2 is 1.81 bits per heavy atom. The number of carbonyl (C=O) groups is 1. The lowest BCUT2D eigenvalue weighted by molar-refractivity contribution is 0.0962. The Kier molecular flexibility index (Phi) is 5.55. The summed E-state index contributed by atoms with van der Waals surface area (Å²) in [5, 5.41) is 3.66. The number of hydrazine groups is 1. The van der Waals surface area contributed by atoms with Crippen molar-refractivity contribution in [1.29, 1.82) is 0 Å². The number of hydrogen-bond donors (Lipinski definition) is 4. The van der Waals surface area contributed by atoms with Gasteiger partial charge in [0.1, 0.15) is 12.0 Å². The summed E-state index contributed by atoms with van der Waals surface area (Å²) in [7, 11) is 0. The van der Waals surface area contributed by atoms with Crippen molar-refractivity contribution in [3.8, 4) is 0 Å². The Morgan fingerprint density at radius 1 is 1.08 bits per heavy atom. The van der Waals surface area contributed by atoms with E-state index < -0.39 is 0 Å². The minimum Gasteiger partial charge on any atom is -0.393 e. The van der Waals surface area contributed by atoms with Gasteiger partial charge in [-0.2, -0.15) is 0 Å². The lowest BCUT2D eigenvalue weighted by atomic mass is 10.2. The maximum absolute atomic E-state index is 12.1. The molecule has 3 aromatic rings. The van der Waals surface area contributed by atoms with E-state index >= 15 is 0 Å². The van der Waals surface area contributed by atoms with Crippen LogP contribution >= 0.6 is 27.5 Å². The van der Waals surface area contributed by atoms with Crippen molar-refractivity contribution in [1.82, 2.24) is 15.4 Å². The third-order valence-electron chi connectivity index (χ3n) is 3.37. The van der Waals surface area contributed by atoms with Gasteiger partial charge in [0.15, 0.2) is 11.6 Å². The zero-order valence-corrected chi connectivity index (χ0v) is 15.7. The summed E-state index contributed by atoms with van der Waals surface area (Å²) in [6.07, 6.45) is 1.34. The molecule has 5 N–H and O–H groups in total. The average molecular weight is 434 g/mol. The number of halogens is 2. The Hall–Kier alpha value is -2.84. The molecule has 0 saturated heterocycles. The van der Waals surface area contributed by atoms with Gasteiger partial charge >= 0.3 is 0 Å². The van der Waals surface area contributed by atoms with Gasteiger partial charge in [0.2, 0.25) is 0 Å². The van der Waals surface area contributed by atoms with E-state index in [2.05, 4.69) is 42.1 Å². The van der Waals surface area contributed by atoms with Crippen molar-refractivity contribution in [3.63, 3.8) is 0 Å². The minimum atomic E-state index is -0.346. The molecule has 132 valence electrons. The van der Waals surface area contributed by atoms with Crippen LogP contribution in [-0.2, 0) is 0 Å². The number of nitrogen functional groups attached to an aromatic ring is 1. The highest BCUT2D eigenvalue weighted by Crippen LogP contribution is 2.26. The topological polar surface area (TPSA) is 105 Å². The van der Waals surface area contributed by atoms with Gasteiger partial charge in [-0.05, 0) is 42.5 Å². The number of benzene rings is 2. The number of carbonyl (C=O) groups excluding carboxylic acids is 1. The molecule has 1 heterocycles. The molecule has 1 amide bonds. The largest absolute Gasteiger partial charge is 0.393 e. The third-order valence-corrected chi connectivity index (χ3v) is 4.12. The van der Waals surface area contributed by atoms with Gasteiger partial charge in [-0.1, -0.05) is 33.6 Å². The second kappa shape index (κ2) is 8.03. The number of amides is 1. The average Bonchev–Trinajstić information content (AvgIpc) is 2.63. The molecule has 0 saturated carbocycles. The predicted octanol–water partition coefficient (Wildman–Crippen LogP) is 3.98. The molecule has 0 atom stereocenters. The summed E-state index contributed by atoms with van der Waals surface area (Å²) in [6.45, 7) is 0. The van der Waals surface area contributed by atoms with Gasteiger partial charge in [-0.15, -0.1) is 0 Å². The van der Waals surface area contributed by atoms with E-state index in [4.69, 9.17) is 17.3 Å². The minimum absolute atomic E-state index is 0.267. The van der Waals surface area contributed by atoms with Crippen molar-refractivity contribution in [2.24, 2.45) is 0 Å². The van der Waals surface area contributed by atoms with Crippen LogP contribution in [0.5, 0.6) is 0 Å². The molecule has 0 spiro atoms. The van der Waals surface area contributed by atoms with E-state index in [1.165, 1.54) is 6.33 Å². The molecule has 26 heavy (non-hydrogen) atoms. The zero-order valence-electron chi connectivity index (χ0n) is 13.3. The van der Waals surface area contributed by atoms with Crippen molar-refractivity contribution in [2.45, 2.75) is 0 Å². The number of aromatic nitrogens is 2. The number of nitrogens with one attached hydrogen (secondary N) is 3. The van der Waals surface area contributed by atoms with Gasteiger partial charge in [0.25, 0.3) is 5.91 Å². The van der Waals surface area contributed by atoms with Gasteiger partial charge in [0.05, 0.1) is 0 Å². The fraction of sp³-hybridized carbons (Fsp3) is 0. The molecule has 7 nitrogen and oxygen atoms in total. The fourth-order valence-corrected chi connectivity index (χ4v) is 2.61. The van der Waals surface area contributed by atoms with Crippen LogP contribution in [-0.4, -0.2) is 15.9 Å². The predicted molar refractivity (Wildman–Crippen MR) is 106 cm³/mol. The normalized spacial score (nSPS) is 10.2. The van der Waals surface area contributed by atoms with Crippen LogP contribution < -0.4 is 21.9 Å². The number of rotatable bonds is 5. The first-order valence-corrected chi connectivity index (χ1v) is 8.65. The number of nitrogens with two attached hydrogens (primary N) is 1. The summed E-state index contributed by atoms with van der Waals surface area (Å²) in [5.74, 6) is 0.349. The second-order valence-corrected chi connectivity index (χ2v) is 6.56. The lowest BCUT2D eigenvalue weighted by Crippen LogP contribution is -2.30. The van der Waals surface area contributed by atoms with E-state index in [1.54, 1.807) is 24.3 Å². The van der Waals surface area contributed by atoms with Crippen LogP contribution in [0.2, 0.25) is 5.02 Å². The van der Waals surface area contributed by atoms with Crippen LogP contribution in [0.4, 0.5) is 23.0 Å². The first-order chi connectivity index (χ1) is 12.5. The Balaban J connectivity index is 1.70. The molecule has 0 bridgehead atoms. The Labute approximate surface area is 163 Å². The SMILES string of the molecule is Nc1c(NNC(=O)c2ccc(Cl)cc2)ncnc1Nc1cccc(Br)c1. The van der Waals surface area contributed by atoms with E-state index in [-0.39, 0.29) is 17.4 Å². The van der Waals surface area contributed by atoms with Gasteiger partial charge < -0.3 is 11.1 Å². The molecule has 0 fully saturated rings. The molecule has 3 rings (SSSR count). The second-order valence-electron chi connectivity index (χ2n) is 5.21.